The normalized spacial score (nSPS) is 10.5. The molecule has 1 heterocycles. The molecule has 0 fully saturated rings. The van der Waals surface area contributed by atoms with Gasteiger partial charge >= 0.3 is 0 Å². The van der Waals surface area contributed by atoms with Crippen molar-refractivity contribution in [3.8, 4) is 6.07 Å². The number of nitrogens with zero attached hydrogens (tertiary/aromatic N) is 2. The highest BCUT2D eigenvalue weighted by atomic mass is 14.7. The second kappa shape index (κ2) is 6.89. The first-order chi connectivity index (χ1) is 9.36. The third-order valence-corrected chi connectivity index (χ3v) is 3.52. The molecule has 2 rings (SSSR count). The maximum absolute atomic E-state index is 8.88. The van der Waals surface area contributed by atoms with E-state index in [1.807, 2.05) is 24.4 Å². The summed E-state index contributed by atoms with van der Waals surface area (Å²) in [7, 11) is 0. The maximum atomic E-state index is 8.88. The number of hydrogen-bond acceptors (Lipinski definition) is 2. The SMILES string of the molecule is CCCCCCc1nccc2c(CC#N)cccc12. The molecule has 0 amide bonds. The topological polar surface area (TPSA) is 36.7 Å². The van der Waals surface area contributed by atoms with Crippen molar-refractivity contribution in [2.75, 3.05) is 0 Å². The van der Waals surface area contributed by atoms with Crippen LogP contribution in [0.5, 0.6) is 0 Å². The van der Waals surface area contributed by atoms with Crippen molar-refractivity contribution in [2.24, 2.45) is 0 Å². The van der Waals surface area contributed by atoms with Crippen molar-refractivity contribution >= 4 is 10.8 Å². The molecule has 0 aliphatic carbocycles. The van der Waals surface area contributed by atoms with Gasteiger partial charge in [-0.05, 0) is 29.9 Å². The minimum Gasteiger partial charge on any atom is -0.261 e. The molecule has 19 heavy (non-hydrogen) atoms. The van der Waals surface area contributed by atoms with Gasteiger partial charge in [0.2, 0.25) is 0 Å². The smallest absolute Gasteiger partial charge is 0.0669 e. The Labute approximate surface area is 115 Å². The number of rotatable bonds is 6. The predicted octanol–water partition coefficient (Wildman–Crippen LogP) is 4.42. The Kier molecular flexibility index (Phi) is 4.92. The van der Waals surface area contributed by atoms with Crippen LogP contribution >= 0.6 is 0 Å². The van der Waals surface area contributed by atoms with Gasteiger partial charge in [0.1, 0.15) is 0 Å². The van der Waals surface area contributed by atoms with E-state index in [0.29, 0.717) is 6.42 Å². The number of aryl methyl sites for hydroxylation is 1. The van der Waals surface area contributed by atoms with Crippen LogP contribution in [0.15, 0.2) is 30.5 Å². The van der Waals surface area contributed by atoms with Gasteiger partial charge in [-0.2, -0.15) is 5.26 Å². The first-order valence-electron chi connectivity index (χ1n) is 7.09. The van der Waals surface area contributed by atoms with E-state index in [0.717, 1.165) is 12.0 Å². The molecule has 0 spiro atoms. The summed E-state index contributed by atoms with van der Waals surface area (Å²) < 4.78 is 0. The van der Waals surface area contributed by atoms with Crippen molar-refractivity contribution < 1.29 is 0 Å². The molecule has 1 aromatic carbocycles. The molecule has 2 heteroatoms. The number of aromatic nitrogens is 1. The van der Waals surface area contributed by atoms with Crippen LogP contribution in [0.3, 0.4) is 0 Å². The fourth-order valence-electron chi connectivity index (χ4n) is 2.49. The fraction of sp³-hybridized carbons (Fsp3) is 0.412. The van der Waals surface area contributed by atoms with Gasteiger partial charge in [0.15, 0.2) is 0 Å². The molecule has 0 atom stereocenters. The molecule has 98 valence electrons. The summed E-state index contributed by atoms with van der Waals surface area (Å²) in [5.41, 5.74) is 2.28. The van der Waals surface area contributed by atoms with E-state index < -0.39 is 0 Å². The number of fused-ring (bicyclic) bond motifs is 1. The van der Waals surface area contributed by atoms with Crippen LogP contribution in [-0.2, 0) is 12.8 Å². The Hall–Kier alpha value is -1.88. The average Bonchev–Trinajstić information content (AvgIpc) is 2.44. The van der Waals surface area contributed by atoms with Gasteiger partial charge in [-0.25, -0.2) is 0 Å². The summed E-state index contributed by atoms with van der Waals surface area (Å²) >= 11 is 0. The first-order valence-corrected chi connectivity index (χ1v) is 7.09. The second-order valence-electron chi connectivity index (χ2n) is 4.92. The average molecular weight is 252 g/mol. The summed E-state index contributed by atoms with van der Waals surface area (Å²) in [6.45, 7) is 2.23. The van der Waals surface area contributed by atoms with Crippen molar-refractivity contribution in [2.45, 2.75) is 45.4 Å². The van der Waals surface area contributed by atoms with Crippen LogP contribution in [-0.4, -0.2) is 4.98 Å². The summed E-state index contributed by atoms with van der Waals surface area (Å²) in [4.78, 5) is 4.52. The minimum absolute atomic E-state index is 0.469. The zero-order valence-corrected chi connectivity index (χ0v) is 11.5. The number of unbranched alkanes of at least 4 members (excludes halogenated alkanes) is 3. The van der Waals surface area contributed by atoms with E-state index in [1.54, 1.807) is 0 Å². The highest BCUT2D eigenvalue weighted by molar-refractivity contribution is 5.87. The molecular formula is C17H20N2. The van der Waals surface area contributed by atoms with Gasteiger partial charge in [-0.3, -0.25) is 4.98 Å². The molecule has 0 aliphatic rings. The van der Waals surface area contributed by atoms with Crippen LogP contribution < -0.4 is 0 Å². The van der Waals surface area contributed by atoms with Gasteiger partial charge in [0, 0.05) is 17.3 Å². The van der Waals surface area contributed by atoms with E-state index in [4.69, 9.17) is 5.26 Å². The lowest BCUT2D eigenvalue weighted by Crippen LogP contribution is -1.94. The second-order valence-corrected chi connectivity index (χ2v) is 4.92. The summed E-state index contributed by atoms with van der Waals surface area (Å²) in [6, 6.07) is 10.5. The molecule has 0 bridgehead atoms. The number of pyridine rings is 1. The number of benzene rings is 1. The highest BCUT2D eigenvalue weighted by Gasteiger charge is 2.05. The van der Waals surface area contributed by atoms with E-state index in [9.17, 15) is 0 Å². The van der Waals surface area contributed by atoms with E-state index >= 15 is 0 Å². The van der Waals surface area contributed by atoms with E-state index in [2.05, 4.69) is 24.0 Å². The maximum Gasteiger partial charge on any atom is 0.0669 e. The first kappa shape index (κ1) is 13.5. The van der Waals surface area contributed by atoms with Crippen LogP contribution in [0.4, 0.5) is 0 Å². The van der Waals surface area contributed by atoms with Crippen molar-refractivity contribution in [3.63, 3.8) is 0 Å². The molecule has 2 aromatic rings. The van der Waals surface area contributed by atoms with Crippen LogP contribution in [0.25, 0.3) is 10.8 Å². The molecule has 0 unspecified atom stereocenters. The van der Waals surface area contributed by atoms with Crippen LogP contribution in [0.1, 0.15) is 43.9 Å². The lowest BCUT2D eigenvalue weighted by molar-refractivity contribution is 0.662. The molecule has 0 saturated heterocycles. The summed E-state index contributed by atoms with van der Waals surface area (Å²) in [6.07, 6.45) is 8.40. The lowest BCUT2D eigenvalue weighted by atomic mass is 10.00. The van der Waals surface area contributed by atoms with Crippen LogP contribution in [0.2, 0.25) is 0 Å². The Morgan fingerprint density at radius 1 is 1.11 bits per heavy atom. The van der Waals surface area contributed by atoms with Gasteiger partial charge in [0.25, 0.3) is 0 Å². The zero-order valence-electron chi connectivity index (χ0n) is 11.5. The Morgan fingerprint density at radius 2 is 2.00 bits per heavy atom. The molecule has 0 saturated carbocycles. The van der Waals surface area contributed by atoms with Crippen molar-refractivity contribution in [3.05, 3.63) is 41.7 Å². The third-order valence-electron chi connectivity index (χ3n) is 3.52. The van der Waals surface area contributed by atoms with Gasteiger partial charge in [0.05, 0.1) is 12.5 Å². The molecule has 0 N–H and O–H groups in total. The summed E-state index contributed by atoms with van der Waals surface area (Å²) in [5.74, 6) is 0. The number of nitriles is 1. The molecule has 0 aliphatic heterocycles. The number of hydrogen-bond donors (Lipinski definition) is 0. The highest BCUT2D eigenvalue weighted by Crippen LogP contribution is 2.22. The molecule has 0 radical (unpaired) electrons. The standard InChI is InChI=1S/C17H20N2/c1-2-3-4-5-9-17-16-8-6-7-14(10-12-18)15(16)11-13-19-17/h6-8,11,13H,2-5,9-10H2,1H3. The van der Waals surface area contributed by atoms with Crippen LogP contribution in [0, 0.1) is 11.3 Å². The lowest BCUT2D eigenvalue weighted by Gasteiger charge is -2.08. The van der Waals surface area contributed by atoms with Crippen molar-refractivity contribution in [1.29, 1.82) is 5.26 Å². The van der Waals surface area contributed by atoms with E-state index in [-0.39, 0.29) is 0 Å². The Bertz CT molecular complexity index is 581. The third kappa shape index (κ3) is 3.32. The quantitative estimate of drug-likeness (QED) is 0.713. The van der Waals surface area contributed by atoms with E-state index in [1.165, 1.54) is 42.1 Å². The molecule has 2 nitrogen and oxygen atoms in total. The summed E-state index contributed by atoms with van der Waals surface area (Å²) in [5, 5.41) is 11.3. The Balaban J connectivity index is 2.25. The zero-order chi connectivity index (χ0) is 13.5. The largest absolute Gasteiger partial charge is 0.261 e. The molecular weight excluding hydrogens is 232 g/mol. The van der Waals surface area contributed by atoms with Crippen molar-refractivity contribution in [1.82, 2.24) is 4.98 Å². The van der Waals surface area contributed by atoms with Gasteiger partial charge in [-0.15, -0.1) is 0 Å². The predicted molar refractivity (Wildman–Crippen MR) is 78.9 cm³/mol. The minimum atomic E-state index is 0.469. The fourth-order valence-corrected chi connectivity index (χ4v) is 2.49. The Morgan fingerprint density at radius 3 is 2.79 bits per heavy atom. The monoisotopic (exact) mass is 252 g/mol. The van der Waals surface area contributed by atoms with Gasteiger partial charge in [-0.1, -0.05) is 44.4 Å². The van der Waals surface area contributed by atoms with Gasteiger partial charge < -0.3 is 0 Å². The molecule has 1 aromatic heterocycles.